The van der Waals surface area contributed by atoms with Gasteiger partial charge in [0.2, 0.25) is 0 Å². The van der Waals surface area contributed by atoms with Crippen molar-refractivity contribution in [2.75, 3.05) is 19.0 Å². The zero-order valence-electron chi connectivity index (χ0n) is 7.03. The van der Waals surface area contributed by atoms with Gasteiger partial charge in [-0.15, -0.1) is 11.8 Å². The monoisotopic (exact) mass is 181 g/mol. The molecule has 12 heavy (non-hydrogen) atoms. The Kier molecular flexibility index (Phi) is 4.88. The maximum Gasteiger partial charge on any atom is 0.0560 e. The van der Waals surface area contributed by atoms with Gasteiger partial charge in [0.25, 0.3) is 0 Å². The fourth-order valence-electron chi connectivity index (χ4n) is 0.837. The van der Waals surface area contributed by atoms with Gasteiger partial charge in [0, 0.05) is 17.3 Å². The second-order valence-electron chi connectivity index (χ2n) is 2.27. The number of ether oxygens (including phenoxy) is 1. The lowest BCUT2D eigenvalue weighted by atomic mass is 10.4. The van der Waals surface area contributed by atoms with E-state index < -0.39 is 0 Å². The highest BCUT2D eigenvalue weighted by Gasteiger charge is 1.90. The van der Waals surface area contributed by atoms with Gasteiger partial charge in [0.15, 0.2) is 0 Å². The number of rotatable bonds is 5. The summed E-state index contributed by atoms with van der Waals surface area (Å²) in [6.45, 7) is 4.94. The predicted molar refractivity (Wildman–Crippen MR) is 53.3 cm³/mol. The summed E-state index contributed by atoms with van der Waals surface area (Å²) in [5.74, 6) is 1.000. The third-order valence-electron chi connectivity index (χ3n) is 1.38. The molecule has 0 spiro atoms. The molecule has 0 unspecified atom stereocenters. The van der Waals surface area contributed by atoms with Gasteiger partial charge in [0.1, 0.15) is 0 Å². The second kappa shape index (κ2) is 6.09. The van der Waals surface area contributed by atoms with Gasteiger partial charge in [-0.1, -0.05) is 18.2 Å². The lowest BCUT2D eigenvalue weighted by Crippen LogP contribution is -1.95. The first-order valence-corrected chi connectivity index (χ1v) is 4.97. The van der Waals surface area contributed by atoms with Crippen molar-refractivity contribution in [3.8, 4) is 0 Å². The maximum atomic E-state index is 5.12. The fraction of sp³-hybridized carbons (Fsp3) is 0.300. The zero-order valence-corrected chi connectivity index (χ0v) is 7.85. The van der Waals surface area contributed by atoms with Crippen LogP contribution in [0.5, 0.6) is 0 Å². The second-order valence-corrected chi connectivity index (χ2v) is 3.44. The first kappa shape index (κ1) is 9.62. The van der Waals surface area contributed by atoms with Crippen LogP contribution < -0.4 is 0 Å². The summed E-state index contributed by atoms with van der Waals surface area (Å²) in [7, 11) is 0. The van der Waals surface area contributed by atoms with Crippen molar-refractivity contribution in [1.82, 2.24) is 0 Å². The molecule has 1 rings (SSSR count). The smallest absolute Gasteiger partial charge is 0.0560 e. The lowest BCUT2D eigenvalue weighted by molar-refractivity contribution is 0.179. The number of hydrogen-bond acceptors (Lipinski definition) is 2. The topological polar surface area (TPSA) is 9.23 Å². The molecule has 0 amide bonds. The minimum Gasteiger partial charge on any atom is -0.381 e. The van der Waals surface area contributed by atoms with Crippen LogP contribution in [0.4, 0.5) is 0 Å². The van der Waals surface area contributed by atoms with Crippen LogP contribution in [-0.2, 0) is 4.74 Å². The molecular weight excluding hydrogens is 168 g/mol. The molecule has 0 aliphatic heterocycles. The van der Waals surface area contributed by atoms with Crippen molar-refractivity contribution in [3.63, 3.8) is 0 Å². The van der Waals surface area contributed by atoms with Crippen molar-refractivity contribution in [2.45, 2.75) is 4.90 Å². The van der Waals surface area contributed by atoms with Gasteiger partial charge in [-0.2, -0.15) is 0 Å². The van der Waals surface area contributed by atoms with Crippen molar-refractivity contribution in [1.29, 1.82) is 0 Å². The van der Waals surface area contributed by atoms with E-state index >= 15 is 0 Å². The van der Waals surface area contributed by atoms with E-state index in [1.54, 1.807) is 0 Å². The minimum absolute atomic E-state index is 0.565. The summed E-state index contributed by atoms with van der Waals surface area (Å²) >= 11 is 1.81. The molecule has 0 aliphatic carbocycles. The van der Waals surface area contributed by atoms with Crippen LogP contribution in [0, 0.1) is 6.92 Å². The van der Waals surface area contributed by atoms with Gasteiger partial charge in [-0.05, 0) is 19.1 Å². The van der Waals surface area contributed by atoms with E-state index in [4.69, 9.17) is 4.74 Å². The molecule has 0 aromatic heterocycles. The largest absolute Gasteiger partial charge is 0.381 e. The number of thioether (sulfide) groups is 1. The van der Waals surface area contributed by atoms with Gasteiger partial charge >= 0.3 is 0 Å². The first-order chi connectivity index (χ1) is 5.93. The van der Waals surface area contributed by atoms with Crippen molar-refractivity contribution < 1.29 is 4.74 Å². The molecule has 0 saturated carbocycles. The van der Waals surface area contributed by atoms with Gasteiger partial charge in [-0.3, -0.25) is 0 Å². The summed E-state index contributed by atoms with van der Waals surface area (Å²) < 4.78 is 5.12. The Morgan fingerprint density at radius 1 is 1.25 bits per heavy atom. The minimum atomic E-state index is 0.565. The molecule has 1 radical (unpaired) electrons. The molecule has 0 fully saturated rings. The molecule has 65 valence electrons. The molecular formula is C10H13OS. The highest BCUT2D eigenvalue weighted by molar-refractivity contribution is 7.99. The van der Waals surface area contributed by atoms with E-state index in [2.05, 4.69) is 19.1 Å². The quantitative estimate of drug-likeness (QED) is 0.510. The number of hydrogen-bond donors (Lipinski definition) is 0. The van der Waals surface area contributed by atoms with Crippen LogP contribution in [0.1, 0.15) is 0 Å². The molecule has 1 aromatic rings. The summed E-state index contributed by atoms with van der Waals surface area (Å²) in [6.07, 6.45) is 0. The molecule has 0 saturated heterocycles. The van der Waals surface area contributed by atoms with Crippen LogP contribution in [-0.4, -0.2) is 19.0 Å². The van der Waals surface area contributed by atoms with E-state index in [0.717, 1.165) is 12.4 Å². The third-order valence-corrected chi connectivity index (χ3v) is 2.36. The summed E-state index contributed by atoms with van der Waals surface area (Å²) in [5.41, 5.74) is 0. The summed E-state index contributed by atoms with van der Waals surface area (Å²) in [6, 6.07) is 10.3. The Morgan fingerprint density at radius 3 is 2.67 bits per heavy atom. The van der Waals surface area contributed by atoms with Gasteiger partial charge < -0.3 is 4.74 Å². The van der Waals surface area contributed by atoms with Crippen molar-refractivity contribution in [2.24, 2.45) is 0 Å². The molecule has 0 aliphatic rings. The Morgan fingerprint density at radius 2 is 2.00 bits per heavy atom. The first-order valence-electron chi connectivity index (χ1n) is 3.98. The van der Waals surface area contributed by atoms with E-state index in [1.165, 1.54) is 4.90 Å². The predicted octanol–water partition coefficient (Wildman–Crippen LogP) is 2.63. The van der Waals surface area contributed by atoms with E-state index in [0.29, 0.717) is 6.61 Å². The average molecular weight is 181 g/mol. The van der Waals surface area contributed by atoms with Crippen LogP contribution in [0.15, 0.2) is 35.2 Å². The Bertz CT molecular complexity index is 198. The van der Waals surface area contributed by atoms with Crippen LogP contribution in [0.2, 0.25) is 0 Å². The summed E-state index contributed by atoms with van der Waals surface area (Å²) in [4.78, 5) is 1.30. The highest BCUT2D eigenvalue weighted by atomic mass is 32.2. The maximum absolute atomic E-state index is 5.12. The van der Waals surface area contributed by atoms with Crippen LogP contribution in [0.25, 0.3) is 0 Å². The van der Waals surface area contributed by atoms with Crippen molar-refractivity contribution in [3.05, 3.63) is 37.3 Å². The Balaban J connectivity index is 2.16. The van der Waals surface area contributed by atoms with Crippen LogP contribution >= 0.6 is 11.8 Å². The lowest BCUT2D eigenvalue weighted by Gasteiger charge is -2.00. The number of benzene rings is 1. The third kappa shape index (κ3) is 3.79. The molecule has 0 atom stereocenters. The van der Waals surface area contributed by atoms with Gasteiger partial charge in [0.05, 0.1) is 6.61 Å². The van der Waals surface area contributed by atoms with E-state index in [1.807, 2.05) is 30.0 Å². The van der Waals surface area contributed by atoms with Gasteiger partial charge in [-0.25, -0.2) is 0 Å². The Labute approximate surface area is 78.1 Å². The fourth-order valence-corrected chi connectivity index (χ4v) is 1.62. The van der Waals surface area contributed by atoms with E-state index in [9.17, 15) is 0 Å². The summed E-state index contributed by atoms with van der Waals surface area (Å²) in [5, 5.41) is 0. The van der Waals surface area contributed by atoms with Crippen molar-refractivity contribution >= 4 is 11.8 Å². The Hall–Kier alpha value is -0.470. The highest BCUT2D eigenvalue weighted by Crippen LogP contribution is 2.15. The normalized spacial score (nSPS) is 10.1. The molecule has 1 aromatic carbocycles. The molecule has 0 bridgehead atoms. The SMILES string of the molecule is [CH2]COCCSc1ccccc1. The van der Waals surface area contributed by atoms with E-state index in [-0.39, 0.29) is 0 Å². The zero-order chi connectivity index (χ0) is 8.65. The standard InChI is InChI=1S/C10H13OS/c1-2-11-8-9-12-10-6-4-3-5-7-10/h3-7H,1-2,8-9H2. The molecule has 1 nitrogen and oxygen atoms in total. The van der Waals surface area contributed by atoms with Crippen LogP contribution in [0.3, 0.4) is 0 Å². The average Bonchev–Trinajstić information content (AvgIpc) is 2.14. The molecule has 0 heterocycles. The molecule has 2 heteroatoms. The molecule has 0 N–H and O–H groups in total.